The molecule has 102 valence electrons. The van der Waals surface area contributed by atoms with Crippen molar-refractivity contribution < 1.29 is 13.5 Å². The van der Waals surface area contributed by atoms with Crippen LogP contribution < -0.4 is 0 Å². The molecule has 0 aliphatic heterocycles. The van der Waals surface area contributed by atoms with Gasteiger partial charge in [0.15, 0.2) is 0 Å². The van der Waals surface area contributed by atoms with Gasteiger partial charge in [0.2, 0.25) is 10.0 Å². The van der Waals surface area contributed by atoms with Gasteiger partial charge in [-0.15, -0.1) is 0 Å². The van der Waals surface area contributed by atoms with Gasteiger partial charge in [-0.1, -0.05) is 6.92 Å². The summed E-state index contributed by atoms with van der Waals surface area (Å²) in [6.07, 6.45) is 5.06. The number of hydrogen-bond donors (Lipinski definition) is 1. The van der Waals surface area contributed by atoms with Crippen LogP contribution in [-0.2, 0) is 16.6 Å². The van der Waals surface area contributed by atoms with E-state index in [9.17, 15) is 8.42 Å². The number of rotatable bonds is 7. The normalized spacial score (nSPS) is 16.4. The van der Waals surface area contributed by atoms with E-state index >= 15 is 0 Å². The second-order valence-electron chi connectivity index (χ2n) is 4.56. The zero-order valence-corrected chi connectivity index (χ0v) is 11.3. The van der Waals surface area contributed by atoms with Crippen LogP contribution in [0.5, 0.6) is 0 Å². The quantitative estimate of drug-likeness (QED) is 0.775. The van der Waals surface area contributed by atoms with Gasteiger partial charge in [-0.05, 0) is 18.8 Å². The average molecular weight is 273 g/mol. The van der Waals surface area contributed by atoms with Gasteiger partial charge in [0.1, 0.15) is 4.90 Å². The Hall–Kier alpha value is -0.920. The van der Waals surface area contributed by atoms with E-state index in [1.807, 2.05) is 6.92 Å². The molecule has 6 nitrogen and oxygen atoms in total. The Morgan fingerprint density at radius 2 is 2.28 bits per heavy atom. The minimum Gasteiger partial charge on any atom is -0.394 e. The molecular weight excluding hydrogens is 254 g/mol. The summed E-state index contributed by atoms with van der Waals surface area (Å²) in [6.45, 7) is 3.18. The minimum absolute atomic E-state index is 0.0548. The lowest BCUT2D eigenvalue weighted by Gasteiger charge is -2.19. The summed E-state index contributed by atoms with van der Waals surface area (Å²) in [5, 5.41) is 12.7. The maximum Gasteiger partial charge on any atom is 0.246 e. The maximum absolute atomic E-state index is 12.4. The first-order valence-electron chi connectivity index (χ1n) is 6.21. The molecule has 1 heterocycles. The van der Waals surface area contributed by atoms with Gasteiger partial charge in [-0.25, -0.2) is 8.42 Å². The lowest BCUT2D eigenvalue weighted by molar-refractivity contribution is 0.269. The number of sulfonamides is 1. The van der Waals surface area contributed by atoms with Gasteiger partial charge in [-0.2, -0.15) is 9.40 Å². The fourth-order valence-electron chi connectivity index (χ4n) is 1.84. The first kappa shape index (κ1) is 13.5. The SMILES string of the molecule is CCN(CC1CC1)S(=O)(=O)c1cnn(CCO)c1. The molecule has 0 atom stereocenters. The zero-order chi connectivity index (χ0) is 13.2. The molecule has 1 aromatic heterocycles. The van der Waals surface area contributed by atoms with Crippen molar-refractivity contribution in [1.82, 2.24) is 14.1 Å². The predicted molar refractivity (Wildman–Crippen MR) is 66.5 cm³/mol. The number of nitrogens with zero attached hydrogens (tertiary/aromatic N) is 3. The second-order valence-corrected chi connectivity index (χ2v) is 6.50. The first-order chi connectivity index (χ1) is 8.57. The summed E-state index contributed by atoms with van der Waals surface area (Å²) in [5.41, 5.74) is 0. The predicted octanol–water partition coefficient (Wildman–Crippen LogP) is 0.296. The molecule has 1 aliphatic carbocycles. The Kier molecular flexibility index (Phi) is 4.04. The van der Waals surface area contributed by atoms with Crippen molar-refractivity contribution in [2.24, 2.45) is 5.92 Å². The Bertz CT molecular complexity index is 493. The molecule has 1 saturated carbocycles. The van der Waals surface area contributed by atoms with Gasteiger partial charge < -0.3 is 5.11 Å². The molecule has 0 bridgehead atoms. The third-order valence-corrected chi connectivity index (χ3v) is 4.98. The molecule has 7 heteroatoms. The topological polar surface area (TPSA) is 75.4 Å². The van der Waals surface area contributed by atoms with Gasteiger partial charge >= 0.3 is 0 Å². The number of aliphatic hydroxyl groups excluding tert-OH is 1. The molecule has 1 N–H and O–H groups in total. The minimum atomic E-state index is -3.44. The van der Waals surface area contributed by atoms with Crippen molar-refractivity contribution >= 4 is 10.0 Å². The molecular formula is C11H19N3O3S. The Balaban J connectivity index is 2.15. The molecule has 0 saturated heterocycles. The van der Waals surface area contributed by atoms with Gasteiger partial charge in [-0.3, -0.25) is 4.68 Å². The van der Waals surface area contributed by atoms with Gasteiger partial charge in [0.05, 0.1) is 19.3 Å². The third kappa shape index (κ3) is 2.90. The summed E-state index contributed by atoms with van der Waals surface area (Å²) in [6, 6.07) is 0. The summed E-state index contributed by atoms with van der Waals surface area (Å²) in [4.78, 5) is 0.207. The van der Waals surface area contributed by atoms with E-state index in [0.29, 0.717) is 25.6 Å². The summed E-state index contributed by atoms with van der Waals surface area (Å²) >= 11 is 0. The highest BCUT2D eigenvalue weighted by Gasteiger charge is 2.31. The van der Waals surface area contributed by atoms with Crippen molar-refractivity contribution in [3.63, 3.8) is 0 Å². The summed E-state index contributed by atoms with van der Waals surface area (Å²) in [7, 11) is -3.44. The average Bonchev–Trinajstić information content (AvgIpc) is 3.03. The monoisotopic (exact) mass is 273 g/mol. The highest BCUT2D eigenvalue weighted by Crippen LogP contribution is 2.31. The molecule has 0 radical (unpaired) electrons. The fourth-order valence-corrected chi connectivity index (χ4v) is 3.32. The van der Waals surface area contributed by atoms with Crippen molar-refractivity contribution in [3.05, 3.63) is 12.4 Å². The highest BCUT2D eigenvalue weighted by atomic mass is 32.2. The lowest BCUT2D eigenvalue weighted by Crippen LogP contribution is -2.32. The molecule has 0 unspecified atom stereocenters. The van der Waals surface area contributed by atoms with E-state index in [-0.39, 0.29) is 11.5 Å². The first-order valence-corrected chi connectivity index (χ1v) is 7.65. The van der Waals surface area contributed by atoms with Crippen molar-refractivity contribution in [1.29, 1.82) is 0 Å². The largest absolute Gasteiger partial charge is 0.394 e. The Morgan fingerprint density at radius 1 is 1.56 bits per heavy atom. The van der Waals surface area contributed by atoms with E-state index in [0.717, 1.165) is 12.8 Å². The summed E-state index contributed by atoms with van der Waals surface area (Å²) < 4.78 is 27.7. The van der Waals surface area contributed by atoms with E-state index in [4.69, 9.17) is 5.11 Å². The van der Waals surface area contributed by atoms with Gasteiger partial charge in [0.25, 0.3) is 0 Å². The zero-order valence-electron chi connectivity index (χ0n) is 10.5. The van der Waals surface area contributed by atoms with Crippen LogP contribution in [0.4, 0.5) is 0 Å². The van der Waals surface area contributed by atoms with E-state index in [2.05, 4.69) is 5.10 Å². The van der Waals surface area contributed by atoms with Crippen LogP contribution in [-0.4, -0.2) is 47.3 Å². The van der Waals surface area contributed by atoms with Crippen molar-refractivity contribution in [2.45, 2.75) is 31.2 Å². The molecule has 18 heavy (non-hydrogen) atoms. The van der Waals surface area contributed by atoms with Gasteiger partial charge in [0, 0.05) is 19.3 Å². The van der Waals surface area contributed by atoms with E-state index in [1.165, 1.54) is 21.4 Å². The Morgan fingerprint density at radius 3 is 2.83 bits per heavy atom. The third-order valence-electron chi connectivity index (χ3n) is 3.09. The van der Waals surface area contributed by atoms with Crippen LogP contribution in [0.15, 0.2) is 17.3 Å². The lowest BCUT2D eigenvalue weighted by atomic mass is 10.4. The highest BCUT2D eigenvalue weighted by molar-refractivity contribution is 7.89. The molecule has 0 spiro atoms. The second kappa shape index (κ2) is 5.38. The standard InChI is InChI=1S/C11H19N3O3S/c1-2-14(8-10-3-4-10)18(16,17)11-7-12-13(9-11)5-6-15/h7,9-10,15H,2-6,8H2,1H3. The molecule has 0 amide bonds. The van der Waals surface area contributed by atoms with E-state index < -0.39 is 10.0 Å². The Labute approximate surface area is 107 Å². The van der Waals surface area contributed by atoms with Crippen LogP contribution in [0, 0.1) is 5.92 Å². The summed E-state index contributed by atoms with van der Waals surface area (Å²) in [5.74, 6) is 0.521. The molecule has 0 aromatic carbocycles. The van der Waals surface area contributed by atoms with E-state index in [1.54, 1.807) is 0 Å². The van der Waals surface area contributed by atoms with Crippen molar-refractivity contribution in [3.8, 4) is 0 Å². The van der Waals surface area contributed by atoms with Crippen LogP contribution >= 0.6 is 0 Å². The van der Waals surface area contributed by atoms with Crippen LogP contribution in [0.2, 0.25) is 0 Å². The van der Waals surface area contributed by atoms with Crippen molar-refractivity contribution in [2.75, 3.05) is 19.7 Å². The van der Waals surface area contributed by atoms with Crippen LogP contribution in [0.25, 0.3) is 0 Å². The number of hydrogen-bond acceptors (Lipinski definition) is 4. The van der Waals surface area contributed by atoms with Crippen LogP contribution in [0.3, 0.4) is 0 Å². The molecule has 1 aliphatic rings. The maximum atomic E-state index is 12.4. The smallest absolute Gasteiger partial charge is 0.246 e. The number of aliphatic hydroxyl groups is 1. The van der Waals surface area contributed by atoms with Crippen LogP contribution in [0.1, 0.15) is 19.8 Å². The fraction of sp³-hybridized carbons (Fsp3) is 0.727. The number of aromatic nitrogens is 2. The molecule has 1 fully saturated rings. The molecule has 1 aromatic rings. The molecule has 2 rings (SSSR count).